The molecule has 1 amide bonds. The van der Waals surface area contributed by atoms with E-state index in [2.05, 4.69) is 31.2 Å². The first kappa shape index (κ1) is 18.4. The van der Waals surface area contributed by atoms with Crippen LogP contribution in [0.15, 0.2) is 9.42 Å². The molecule has 1 aromatic rings. The van der Waals surface area contributed by atoms with Crippen molar-refractivity contribution in [2.45, 2.75) is 95.2 Å². The molecule has 5 heteroatoms. The molecule has 2 bridgehead atoms. The maximum Gasteiger partial charge on any atom is 0.291 e. The zero-order chi connectivity index (χ0) is 18.5. The minimum Gasteiger partial charge on any atom is -0.350 e. The van der Waals surface area contributed by atoms with Crippen LogP contribution in [-0.4, -0.2) is 22.4 Å². The fourth-order valence-electron chi connectivity index (χ4n) is 5.64. The molecule has 0 saturated heterocycles. The van der Waals surface area contributed by atoms with E-state index >= 15 is 0 Å². The molecule has 1 aromatic heterocycles. The fraction of sp³-hybridized carbons (Fsp3) is 0.810. The first-order valence-corrected chi connectivity index (χ1v) is 11.1. The first-order valence-electron chi connectivity index (χ1n) is 10.3. The van der Waals surface area contributed by atoms with Crippen molar-refractivity contribution in [1.29, 1.82) is 0 Å². The van der Waals surface area contributed by atoms with Crippen LogP contribution in [0.25, 0.3) is 0 Å². The van der Waals surface area contributed by atoms with E-state index < -0.39 is 0 Å². The summed E-state index contributed by atoms with van der Waals surface area (Å²) in [5, 5.41) is 8.03. The van der Waals surface area contributed by atoms with Crippen LogP contribution in [0, 0.1) is 23.7 Å². The Hall–Kier alpha value is -0.970. The number of amides is 1. The second-order valence-electron chi connectivity index (χ2n) is 9.44. The smallest absolute Gasteiger partial charge is 0.291 e. The van der Waals surface area contributed by atoms with E-state index in [4.69, 9.17) is 4.52 Å². The monoisotopic (exact) mass is 376 g/mol. The standard InChI is InChI=1S/C21H32N2O2S/c1-13-18(26-15-8-6-5-7-9-15)17(25-23-13)19(24)22-16-12-14-10-11-21(16,4)20(14,2)3/h14-16H,5-12H2,1-4H3,(H,22,24)/t14-,16+,21-/m0/s1. The minimum atomic E-state index is -0.0708. The van der Waals surface area contributed by atoms with E-state index in [0.29, 0.717) is 22.3 Å². The summed E-state index contributed by atoms with van der Waals surface area (Å²) in [5.41, 5.74) is 1.33. The zero-order valence-electron chi connectivity index (χ0n) is 16.6. The molecule has 3 aliphatic carbocycles. The number of carbonyl (C=O) groups is 1. The van der Waals surface area contributed by atoms with Gasteiger partial charge in [-0.15, -0.1) is 11.8 Å². The van der Waals surface area contributed by atoms with Crippen LogP contribution < -0.4 is 5.32 Å². The zero-order valence-corrected chi connectivity index (χ0v) is 17.4. The molecule has 0 unspecified atom stereocenters. The third-order valence-corrected chi connectivity index (χ3v) is 9.47. The van der Waals surface area contributed by atoms with Gasteiger partial charge in [-0.2, -0.15) is 0 Å². The number of fused-ring (bicyclic) bond motifs is 2. The third kappa shape index (κ3) is 2.81. The van der Waals surface area contributed by atoms with E-state index in [1.54, 1.807) is 0 Å². The average molecular weight is 377 g/mol. The van der Waals surface area contributed by atoms with E-state index in [1.165, 1.54) is 44.9 Å². The van der Waals surface area contributed by atoms with Gasteiger partial charge in [0.15, 0.2) is 0 Å². The summed E-state index contributed by atoms with van der Waals surface area (Å²) in [6, 6.07) is 0.238. The summed E-state index contributed by atoms with van der Waals surface area (Å²) < 4.78 is 5.49. The van der Waals surface area contributed by atoms with Crippen molar-refractivity contribution in [1.82, 2.24) is 10.5 Å². The Kier molecular flexibility index (Phi) is 4.65. The molecule has 4 rings (SSSR count). The topological polar surface area (TPSA) is 55.1 Å². The van der Waals surface area contributed by atoms with Gasteiger partial charge >= 0.3 is 0 Å². The Morgan fingerprint density at radius 2 is 1.92 bits per heavy atom. The SMILES string of the molecule is Cc1noc(C(=O)N[C@@H]2C[C@@H]3CC[C@]2(C)C3(C)C)c1SC1CCCCC1. The lowest BCUT2D eigenvalue weighted by atomic mass is 9.69. The molecule has 0 aliphatic heterocycles. The number of hydrogen-bond donors (Lipinski definition) is 1. The Morgan fingerprint density at radius 1 is 1.19 bits per heavy atom. The number of thioether (sulfide) groups is 1. The highest BCUT2D eigenvalue weighted by atomic mass is 32.2. The van der Waals surface area contributed by atoms with Crippen molar-refractivity contribution in [3.63, 3.8) is 0 Å². The number of carbonyl (C=O) groups excluding carboxylic acids is 1. The van der Waals surface area contributed by atoms with Gasteiger partial charge in [-0.1, -0.05) is 45.2 Å². The van der Waals surface area contributed by atoms with Crippen molar-refractivity contribution in [3.8, 4) is 0 Å². The molecule has 0 spiro atoms. The Bertz CT molecular complexity index is 692. The number of rotatable bonds is 4. The molecule has 3 saturated carbocycles. The molecule has 26 heavy (non-hydrogen) atoms. The molecule has 1 N–H and O–H groups in total. The van der Waals surface area contributed by atoms with Crippen LogP contribution in [0.2, 0.25) is 0 Å². The molecule has 0 radical (unpaired) electrons. The van der Waals surface area contributed by atoms with Gasteiger partial charge in [0, 0.05) is 11.3 Å². The van der Waals surface area contributed by atoms with Gasteiger partial charge in [0.05, 0.1) is 10.6 Å². The second-order valence-corrected chi connectivity index (χ2v) is 10.8. The van der Waals surface area contributed by atoms with Gasteiger partial charge in [-0.05, 0) is 55.8 Å². The van der Waals surface area contributed by atoms with Gasteiger partial charge in [-0.25, -0.2) is 0 Å². The van der Waals surface area contributed by atoms with Gasteiger partial charge in [0.2, 0.25) is 5.76 Å². The third-order valence-electron chi connectivity index (χ3n) is 7.95. The molecule has 0 aromatic carbocycles. The van der Waals surface area contributed by atoms with E-state index in [9.17, 15) is 4.79 Å². The van der Waals surface area contributed by atoms with Crippen LogP contribution in [0.3, 0.4) is 0 Å². The fourth-order valence-corrected chi connectivity index (χ4v) is 6.99. The summed E-state index contributed by atoms with van der Waals surface area (Å²) in [4.78, 5) is 14.0. The minimum absolute atomic E-state index is 0.0708. The van der Waals surface area contributed by atoms with Crippen molar-refractivity contribution >= 4 is 17.7 Å². The summed E-state index contributed by atoms with van der Waals surface area (Å²) in [7, 11) is 0. The number of nitrogens with one attached hydrogen (secondary N) is 1. The predicted molar refractivity (Wildman–Crippen MR) is 104 cm³/mol. The first-order chi connectivity index (χ1) is 12.3. The van der Waals surface area contributed by atoms with Crippen LogP contribution >= 0.6 is 11.8 Å². The van der Waals surface area contributed by atoms with Crippen LogP contribution in [0.1, 0.15) is 88.4 Å². The normalized spacial score (nSPS) is 33.5. The summed E-state index contributed by atoms with van der Waals surface area (Å²) in [6.45, 7) is 9.06. The van der Waals surface area contributed by atoms with Gasteiger partial charge in [0.1, 0.15) is 0 Å². The summed E-state index contributed by atoms with van der Waals surface area (Å²) in [6.07, 6.45) is 9.97. The summed E-state index contributed by atoms with van der Waals surface area (Å²) >= 11 is 1.81. The molecular formula is C21H32N2O2S. The summed E-state index contributed by atoms with van der Waals surface area (Å²) in [5.74, 6) is 1.08. The molecule has 144 valence electrons. The number of aryl methyl sites for hydroxylation is 1. The Morgan fingerprint density at radius 3 is 2.54 bits per heavy atom. The van der Waals surface area contributed by atoms with Gasteiger partial charge < -0.3 is 9.84 Å². The Labute approximate surface area is 161 Å². The van der Waals surface area contributed by atoms with Crippen molar-refractivity contribution in [2.24, 2.45) is 16.7 Å². The molecule has 4 nitrogen and oxygen atoms in total. The molecule has 3 atom stereocenters. The average Bonchev–Trinajstić information content (AvgIpc) is 3.14. The largest absolute Gasteiger partial charge is 0.350 e. The maximum absolute atomic E-state index is 13.0. The van der Waals surface area contributed by atoms with Crippen LogP contribution in [0.5, 0.6) is 0 Å². The van der Waals surface area contributed by atoms with Crippen molar-refractivity contribution in [3.05, 3.63) is 11.5 Å². The van der Waals surface area contributed by atoms with Crippen LogP contribution in [0.4, 0.5) is 0 Å². The predicted octanol–water partition coefficient (Wildman–Crippen LogP) is 5.35. The second kappa shape index (κ2) is 6.57. The lowest BCUT2D eigenvalue weighted by Gasteiger charge is -2.39. The highest BCUT2D eigenvalue weighted by Crippen LogP contribution is 2.65. The maximum atomic E-state index is 13.0. The van der Waals surface area contributed by atoms with Gasteiger partial charge in [0.25, 0.3) is 5.91 Å². The lowest BCUT2D eigenvalue weighted by Crippen LogP contribution is -2.46. The quantitative estimate of drug-likeness (QED) is 0.769. The van der Waals surface area contributed by atoms with E-state index in [1.807, 2.05) is 18.7 Å². The molecular weight excluding hydrogens is 344 g/mol. The highest BCUT2D eigenvalue weighted by molar-refractivity contribution is 8.00. The van der Waals surface area contributed by atoms with E-state index in [-0.39, 0.29) is 17.4 Å². The molecule has 1 heterocycles. The highest BCUT2D eigenvalue weighted by Gasteiger charge is 2.61. The molecule has 3 fully saturated rings. The van der Waals surface area contributed by atoms with Gasteiger partial charge in [-0.3, -0.25) is 4.79 Å². The van der Waals surface area contributed by atoms with E-state index in [0.717, 1.165) is 17.0 Å². The molecule has 3 aliphatic rings. The number of hydrogen-bond acceptors (Lipinski definition) is 4. The number of aromatic nitrogens is 1. The lowest BCUT2D eigenvalue weighted by molar-refractivity contribution is 0.0789. The number of nitrogens with zero attached hydrogens (tertiary/aromatic N) is 1. The Balaban J connectivity index is 1.49. The van der Waals surface area contributed by atoms with Crippen LogP contribution in [-0.2, 0) is 0 Å². The van der Waals surface area contributed by atoms with Crippen molar-refractivity contribution in [2.75, 3.05) is 0 Å². The van der Waals surface area contributed by atoms with Crippen molar-refractivity contribution < 1.29 is 9.32 Å².